The van der Waals surface area contributed by atoms with E-state index in [2.05, 4.69) is 12.1 Å². The average Bonchev–Trinajstić information content (AvgIpc) is 2.75. The maximum Gasteiger partial charge on any atom is 0.269 e. The van der Waals surface area contributed by atoms with Crippen molar-refractivity contribution in [2.75, 3.05) is 7.05 Å². The molecule has 4 aliphatic rings. The minimum absolute atomic E-state index is 0.289. The van der Waals surface area contributed by atoms with E-state index in [-0.39, 0.29) is 5.75 Å². The molecule has 4 saturated carbocycles. The molecule has 4 nitrogen and oxygen atoms in total. The molecule has 4 bridgehead atoms. The van der Waals surface area contributed by atoms with Gasteiger partial charge in [0, 0.05) is 13.1 Å². The van der Waals surface area contributed by atoms with Gasteiger partial charge < -0.3 is 5.11 Å². The number of rotatable bonds is 4. The van der Waals surface area contributed by atoms with Crippen molar-refractivity contribution in [2.24, 2.45) is 23.7 Å². The molecule has 0 spiro atoms. The molecule has 160 valence electrons. The van der Waals surface area contributed by atoms with Gasteiger partial charge in [-0.05, 0) is 96.2 Å². The molecule has 0 saturated heterocycles. The van der Waals surface area contributed by atoms with Crippen LogP contribution in [0.1, 0.15) is 48.8 Å². The number of aromatic hydroxyl groups is 1. The zero-order valence-corrected chi connectivity index (χ0v) is 17.9. The van der Waals surface area contributed by atoms with Gasteiger partial charge in [-0.3, -0.25) is 10.0 Å². The second-order valence-electron chi connectivity index (χ2n) is 9.50. The number of amides is 1. The van der Waals surface area contributed by atoms with E-state index in [4.69, 9.17) is 0 Å². The molecular weight excluding hydrogens is 386 g/mol. The number of hydroxylamine groups is 2. The number of carbonyl (C=O) groups excluding carboxylic acids is 1. The lowest BCUT2D eigenvalue weighted by atomic mass is 9.53. The third-order valence-electron chi connectivity index (χ3n) is 7.40. The molecule has 0 radical (unpaired) electrons. The summed E-state index contributed by atoms with van der Waals surface area (Å²) in [5, 5.41) is 19.6. The fourth-order valence-corrected chi connectivity index (χ4v) is 6.26. The number of allylic oxidation sites excluding steroid dienone is 1. The van der Waals surface area contributed by atoms with Crippen LogP contribution in [0.2, 0.25) is 0 Å². The zero-order chi connectivity index (χ0) is 21.5. The number of phenols is 1. The molecule has 0 atom stereocenters. The van der Waals surface area contributed by atoms with E-state index in [0.29, 0.717) is 16.9 Å². The van der Waals surface area contributed by atoms with Crippen LogP contribution in [0, 0.1) is 23.7 Å². The molecule has 6 rings (SSSR count). The number of hydrogen-bond acceptors (Lipinski definition) is 3. The molecule has 2 N–H and O–H groups in total. The molecule has 2 aromatic carbocycles. The molecule has 0 aromatic heterocycles. The Morgan fingerprint density at radius 2 is 1.39 bits per heavy atom. The van der Waals surface area contributed by atoms with Crippen molar-refractivity contribution in [2.45, 2.75) is 32.1 Å². The molecular formula is C27H29NO3. The fraction of sp³-hybridized carbons (Fsp3) is 0.370. The highest BCUT2D eigenvalue weighted by atomic mass is 16.5. The number of carbonyl (C=O) groups is 1. The van der Waals surface area contributed by atoms with E-state index < -0.39 is 5.91 Å². The lowest BCUT2D eigenvalue weighted by Gasteiger charge is -2.52. The van der Waals surface area contributed by atoms with Gasteiger partial charge >= 0.3 is 0 Å². The molecule has 0 heterocycles. The highest BCUT2D eigenvalue weighted by Gasteiger charge is 2.46. The standard InChI is InChI=1S/C27H29NO3/c1-28(31)25(30)11-4-17-2-5-20(6-3-17)26(21-7-9-24(29)10-8-21)27-22-13-18-12-19(15-22)16-23(27)14-18/h2-11,18-19,22-23,29,31H,12-16H2,1H3/b11-4+,27-26?. The lowest BCUT2D eigenvalue weighted by Crippen LogP contribution is -2.40. The second-order valence-corrected chi connectivity index (χ2v) is 9.50. The predicted molar refractivity (Wildman–Crippen MR) is 121 cm³/mol. The summed E-state index contributed by atoms with van der Waals surface area (Å²) in [5.41, 5.74) is 6.23. The van der Waals surface area contributed by atoms with Crippen LogP contribution in [0.5, 0.6) is 5.75 Å². The van der Waals surface area contributed by atoms with E-state index in [1.165, 1.54) is 61.9 Å². The Morgan fingerprint density at radius 1 is 0.871 bits per heavy atom. The molecule has 0 aliphatic heterocycles. The third-order valence-corrected chi connectivity index (χ3v) is 7.40. The van der Waals surface area contributed by atoms with Gasteiger partial charge in [-0.2, -0.15) is 0 Å². The molecule has 2 aromatic rings. The summed E-state index contributed by atoms with van der Waals surface area (Å²) in [4.78, 5) is 11.6. The first-order valence-electron chi connectivity index (χ1n) is 11.3. The number of likely N-dealkylation sites (N-methyl/N-ethyl adjacent to an activating group) is 1. The molecule has 31 heavy (non-hydrogen) atoms. The summed E-state index contributed by atoms with van der Waals surface area (Å²) in [6.45, 7) is 0. The number of phenolic OH excluding ortho intramolecular Hbond substituents is 1. The van der Waals surface area contributed by atoms with Gasteiger partial charge in [0.05, 0.1) is 0 Å². The second kappa shape index (κ2) is 8.01. The summed E-state index contributed by atoms with van der Waals surface area (Å²) in [6.07, 6.45) is 9.80. The Morgan fingerprint density at radius 3 is 1.90 bits per heavy atom. The predicted octanol–water partition coefficient (Wildman–Crippen LogP) is 5.51. The minimum atomic E-state index is -0.454. The maximum absolute atomic E-state index is 11.6. The van der Waals surface area contributed by atoms with Crippen LogP contribution in [0.25, 0.3) is 11.6 Å². The van der Waals surface area contributed by atoms with Gasteiger partial charge in [0.25, 0.3) is 5.91 Å². The minimum Gasteiger partial charge on any atom is -0.508 e. The molecule has 4 heteroatoms. The highest BCUT2D eigenvalue weighted by molar-refractivity contribution is 5.91. The lowest BCUT2D eigenvalue weighted by molar-refractivity contribution is -0.153. The van der Waals surface area contributed by atoms with Crippen LogP contribution >= 0.6 is 0 Å². The largest absolute Gasteiger partial charge is 0.508 e. The van der Waals surface area contributed by atoms with Gasteiger partial charge in [-0.15, -0.1) is 0 Å². The third kappa shape index (κ3) is 3.92. The summed E-state index contributed by atoms with van der Waals surface area (Å²) in [6, 6.07) is 15.9. The first-order chi connectivity index (χ1) is 15.0. The van der Waals surface area contributed by atoms with Gasteiger partial charge in [0.1, 0.15) is 5.75 Å². The van der Waals surface area contributed by atoms with E-state index in [0.717, 1.165) is 17.4 Å². The molecule has 1 amide bonds. The van der Waals surface area contributed by atoms with Crippen LogP contribution < -0.4 is 0 Å². The monoisotopic (exact) mass is 415 g/mol. The van der Waals surface area contributed by atoms with Crippen molar-refractivity contribution in [3.05, 3.63) is 76.9 Å². The Hall–Kier alpha value is -2.85. The van der Waals surface area contributed by atoms with E-state index in [1.54, 1.807) is 23.8 Å². The molecule has 4 fully saturated rings. The summed E-state index contributed by atoms with van der Waals surface area (Å²) >= 11 is 0. The van der Waals surface area contributed by atoms with Crippen LogP contribution in [0.3, 0.4) is 0 Å². The van der Waals surface area contributed by atoms with Crippen molar-refractivity contribution in [1.29, 1.82) is 0 Å². The number of hydrogen-bond donors (Lipinski definition) is 2. The zero-order valence-electron chi connectivity index (χ0n) is 17.9. The van der Waals surface area contributed by atoms with Gasteiger partial charge in [-0.25, -0.2) is 5.06 Å². The normalized spacial score (nSPS) is 26.5. The smallest absolute Gasteiger partial charge is 0.269 e. The summed E-state index contributed by atoms with van der Waals surface area (Å²) in [7, 11) is 1.32. The quantitative estimate of drug-likeness (QED) is 0.393. The summed E-state index contributed by atoms with van der Waals surface area (Å²) in [5.74, 6) is 3.00. The number of benzene rings is 2. The molecule has 0 unspecified atom stereocenters. The van der Waals surface area contributed by atoms with Gasteiger partial charge in [-0.1, -0.05) is 42.0 Å². The van der Waals surface area contributed by atoms with Crippen LogP contribution in [0.4, 0.5) is 0 Å². The molecule has 4 aliphatic carbocycles. The van der Waals surface area contributed by atoms with Crippen molar-refractivity contribution in [3.8, 4) is 5.75 Å². The van der Waals surface area contributed by atoms with Crippen LogP contribution in [0.15, 0.2) is 60.2 Å². The Labute approximate surface area is 183 Å². The average molecular weight is 416 g/mol. The maximum atomic E-state index is 11.6. The Balaban J connectivity index is 1.54. The van der Waals surface area contributed by atoms with Gasteiger partial charge in [0.2, 0.25) is 0 Å². The van der Waals surface area contributed by atoms with Crippen molar-refractivity contribution >= 4 is 17.6 Å². The first-order valence-corrected chi connectivity index (χ1v) is 11.3. The Bertz CT molecular complexity index is 1000. The SMILES string of the molecule is CN(O)C(=O)/C=C/c1ccc(C(=C2C3CC4CC(C3)CC2C4)c2ccc(O)cc2)cc1. The topological polar surface area (TPSA) is 60.8 Å². The summed E-state index contributed by atoms with van der Waals surface area (Å²) < 4.78 is 0. The van der Waals surface area contributed by atoms with Crippen LogP contribution in [-0.4, -0.2) is 28.3 Å². The van der Waals surface area contributed by atoms with Crippen molar-refractivity contribution < 1.29 is 15.1 Å². The van der Waals surface area contributed by atoms with Crippen molar-refractivity contribution in [1.82, 2.24) is 5.06 Å². The fourth-order valence-electron chi connectivity index (χ4n) is 6.26. The van der Waals surface area contributed by atoms with Crippen molar-refractivity contribution in [3.63, 3.8) is 0 Å². The van der Waals surface area contributed by atoms with Gasteiger partial charge in [0.15, 0.2) is 0 Å². The van der Waals surface area contributed by atoms with E-state index >= 15 is 0 Å². The highest BCUT2D eigenvalue weighted by Crippen LogP contribution is 2.58. The van der Waals surface area contributed by atoms with E-state index in [1.807, 2.05) is 24.3 Å². The Kier molecular flexibility index (Phi) is 5.19. The van der Waals surface area contributed by atoms with Crippen LogP contribution in [-0.2, 0) is 4.79 Å². The first kappa shape index (κ1) is 20.1. The van der Waals surface area contributed by atoms with E-state index in [9.17, 15) is 15.1 Å². The number of nitrogens with zero attached hydrogens (tertiary/aromatic N) is 1.